The van der Waals surface area contributed by atoms with Crippen molar-refractivity contribution in [2.24, 2.45) is 0 Å². The second-order valence-electron chi connectivity index (χ2n) is 3.90. The number of nitriles is 1. The van der Waals surface area contributed by atoms with Gasteiger partial charge in [-0.1, -0.05) is 0 Å². The van der Waals surface area contributed by atoms with E-state index in [1.807, 2.05) is 6.07 Å². The Labute approximate surface area is 124 Å². The summed E-state index contributed by atoms with van der Waals surface area (Å²) in [6.07, 6.45) is 4.81. The summed E-state index contributed by atoms with van der Waals surface area (Å²) in [5, 5.41) is 8.76. The van der Waals surface area contributed by atoms with Crippen molar-refractivity contribution in [1.82, 2.24) is 24.5 Å². The van der Waals surface area contributed by atoms with Crippen molar-refractivity contribution in [3.05, 3.63) is 53.8 Å². The Morgan fingerprint density at radius 3 is 2.62 bits per heavy atom. The average Bonchev–Trinajstić information content (AvgIpc) is 3.02. The molecule has 7 nitrogen and oxygen atoms in total. The van der Waals surface area contributed by atoms with Crippen LogP contribution < -0.4 is 4.74 Å². The lowest BCUT2D eigenvalue weighted by molar-refractivity contribution is 0.438. The summed E-state index contributed by atoms with van der Waals surface area (Å²) >= 11 is 5.86. The van der Waals surface area contributed by atoms with Crippen LogP contribution in [0.2, 0.25) is 5.28 Å². The van der Waals surface area contributed by atoms with Crippen molar-refractivity contribution in [2.45, 2.75) is 0 Å². The maximum atomic E-state index is 8.75. The molecule has 0 N–H and O–H groups in total. The molecule has 2 aromatic heterocycles. The summed E-state index contributed by atoms with van der Waals surface area (Å²) in [4.78, 5) is 15.9. The zero-order chi connectivity index (χ0) is 14.7. The first-order valence-corrected chi connectivity index (χ1v) is 6.20. The van der Waals surface area contributed by atoms with Gasteiger partial charge < -0.3 is 4.74 Å². The number of nitrogens with zero attached hydrogens (tertiary/aromatic N) is 6. The van der Waals surface area contributed by atoms with Crippen LogP contribution in [-0.4, -0.2) is 24.5 Å². The van der Waals surface area contributed by atoms with Crippen molar-refractivity contribution in [3.8, 4) is 23.8 Å². The predicted molar refractivity (Wildman–Crippen MR) is 73.2 cm³/mol. The monoisotopic (exact) mass is 298 g/mol. The molecule has 0 aliphatic carbocycles. The first kappa shape index (κ1) is 13.0. The first-order valence-electron chi connectivity index (χ1n) is 5.82. The Hall–Kier alpha value is -2.98. The molecule has 3 rings (SSSR count). The summed E-state index contributed by atoms with van der Waals surface area (Å²) in [5.41, 5.74) is 0.537. The minimum absolute atomic E-state index is 0.0114. The highest BCUT2D eigenvalue weighted by atomic mass is 35.5. The third-order valence-electron chi connectivity index (χ3n) is 2.50. The molecule has 0 aliphatic heterocycles. The van der Waals surface area contributed by atoms with Gasteiger partial charge in [0.15, 0.2) is 0 Å². The smallest absolute Gasteiger partial charge is 0.328 e. The van der Waals surface area contributed by atoms with Crippen molar-refractivity contribution in [2.75, 3.05) is 0 Å². The highest BCUT2D eigenvalue weighted by molar-refractivity contribution is 6.28. The van der Waals surface area contributed by atoms with E-state index >= 15 is 0 Å². The predicted octanol–water partition coefficient (Wildman–Crippen LogP) is 2.37. The Morgan fingerprint density at radius 2 is 1.95 bits per heavy atom. The largest absolute Gasteiger partial charge is 0.424 e. The van der Waals surface area contributed by atoms with Crippen LogP contribution in [0.4, 0.5) is 0 Å². The quantitative estimate of drug-likeness (QED) is 0.737. The van der Waals surface area contributed by atoms with E-state index in [9.17, 15) is 0 Å². The van der Waals surface area contributed by atoms with Crippen LogP contribution in [0.25, 0.3) is 5.95 Å². The van der Waals surface area contributed by atoms with Gasteiger partial charge in [0, 0.05) is 12.4 Å². The number of hydrogen-bond acceptors (Lipinski definition) is 6. The highest BCUT2D eigenvalue weighted by Gasteiger charge is 2.08. The van der Waals surface area contributed by atoms with Crippen molar-refractivity contribution >= 4 is 11.6 Å². The number of ether oxygens (including phenoxy) is 1. The van der Waals surface area contributed by atoms with Gasteiger partial charge in [0.05, 0.1) is 11.6 Å². The van der Waals surface area contributed by atoms with Crippen molar-refractivity contribution in [1.29, 1.82) is 5.26 Å². The van der Waals surface area contributed by atoms with Gasteiger partial charge in [0.1, 0.15) is 12.1 Å². The molecule has 0 aliphatic rings. The van der Waals surface area contributed by atoms with E-state index in [1.165, 1.54) is 6.33 Å². The molecular formula is C13H7ClN6O. The van der Waals surface area contributed by atoms with Crippen molar-refractivity contribution < 1.29 is 4.74 Å². The molecule has 0 fully saturated rings. The third-order valence-corrected chi connectivity index (χ3v) is 2.67. The summed E-state index contributed by atoms with van der Waals surface area (Å²) in [6.45, 7) is 0. The van der Waals surface area contributed by atoms with E-state index in [0.29, 0.717) is 17.3 Å². The fourth-order valence-corrected chi connectivity index (χ4v) is 1.71. The number of aromatic nitrogens is 5. The molecule has 1 aromatic carbocycles. The second-order valence-corrected chi connectivity index (χ2v) is 4.23. The molecular weight excluding hydrogens is 292 g/mol. The Morgan fingerprint density at radius 1 is 1.14 bits per heavy atom. The Bertz CT molecular complexity index is 795. The van der Waals surface area contributed by atoms with Gasteiger partial charge in [-0.25, -0.2) is 4.98 Å². The van der Waals surface area contributed by atoms with Gasteiger partial charge in [-0.15, -0.1) is 0 Å². The lowest BCUT2D eigenvalue weighted by Gasteiger charge is -2.06. The van der Waals surface area contributed by atoms with Crippen LogP contribution in [0.1, 0.15) is 5.56 Å². The summed E-state index contributed by atoms with van der Waals surface area (Å²) < 4.78 is 7.09. The first-order chi connectivity index (χ1) is 10.2. The van der Waals surface area contributed by atoms with Crippen molar-refractivity contribution in [3.63, 3.8) is 0 Å². The minimum atomic E-state index is 0.0114. The maximum Gasteiger partial charge on any atom is 0.328 e. The zero-order valence-corrected chi connectivity index (χ0v) is 11.3. The summed E-state index contributed by atoms with van der Waals surface area (Å²) in [5.74, 6) is 0.795. The molecule has 0 atom stereocenters. The lowest BCUT2D eigenvalue weighted by Crippen LogP contribution is -2.03. The molecule has 0 radical (unpaired) electrons. The van der Waals surface area contributed by atoms with Gasteiger partial charge in [-0.05, 0) is 35.9 Å². The SMILES string of the molecule is N#Cc1ccc(Oc2nc(Cl)nc(-n3ccnc3)n2)cc1. The molecule has 0 bridgehead atoms. The Balaban J connectivity index is 1.90. The molecule has 0 spiro atoms. The lowest BCUT2D eigenvalue weighted by atomic mass is 10.2. The minimum Gasteiger partial charge on any atom is -0.424 e. The number of rotatable bonds is 3. The normalized spacial score (nSPS) is 10.1. The summed E-state index contributed by atoms with van der Waals surface area (Å²) in [6, 6.07) is 8.64. The molecule has 21 heavy (non-hydrogen) atoms. The van der Waals surface area contributed by atoms with E-state index in [2.05, 4.69) is 19.9 Å². The van der Waals surface area contributed by atoms with Gasteiger partial charge in [-0.2, -0.15) is 20.2 Å². The van der Waals surface area contributed by atoms with Crippen LogP contribution in [-0.2, 0) is 0 Å². The number of halogens is 1. The van der Waals surface area contributed by atoms with Gasteiger partial charge in [0.25, 0.3) is 0 Å². The van der Waals surface area contributed by atoms with E-state index < -0.39 is 0 Å². The average molecular weight is 299 g/mol. The van der Waals surface area contributed by atoms with E-state index in [-0.39, 0.29) is 11.3 Å². The van der Waals surface area contributed by atoms with Gasteiger partial charge in [0.2, 0.25) is 11.2 Å². The molecule has 0 amide bonds. The molecule has 0 saturated carbocycles. The number of benzene rings is 1. The molecule has 0 unspecified atom stereocenters. The summed E-state index contributed by atoms with van der Waals surface area (Å²) in [7, 11) is 0. The van der Waals surface area contributed by atoms with E-state index in [1.54, 1.807) is 41.2 Å². The zero-order valence-electron chi connectivity index (χ0n) is 10.5. The number of hydrogen-bond donors (Lipinski definition) is 0. The van der Waals surface area contributed by atoms with Crippen LogP contribution >= 0.6 is 11.6 Å². The second kappa shape index (κ2) is 5.56. The molecule has 8 heteroatoms. The number of imidazole rings is 1. The van der Waals surface area contributed by atoms with Crippen LogP contribution in [0.15, 0.2) is 43.0 Å². The highest BCUT2D eigenvalue weighted by Crippen LogP contribution is 2.20. The fraction of sp³-hybridized carbons (Fsp3) is 0. The van der Waals surface area contributed by atoms with E-state index in [4.69, 9.17) is 21.6 Å². The molecule has 2 heterocycles. The van der Waals surface area contributed by atoms with Gasteiger partial charge in [-0.3, -0.25) is 4.57 Å². The standard InChI is InChI=1S/C13H7ClN6O/c14-11-17-12(20-6-5-16-8-20)19-13(18-11)21-10-3-1-9(7-15)2-4-10/h1-6,8H. The van der Waals surface area contributed by atoms with Gasteiger partial charge >= 0.3 is 6.01 Å². The fourth-order valence-electron chi connectivity index (χ4n) is 1.56. The van der Waals surface area contributed by atoms with Crippen LogP contribution in [0.5, 0.6) is 11.8 Å². The van der Waals surface area contributed by atoms with Crippen LogP contribution in [0.3, 0.4) is 0 Å². The van der Waals surface area contributed by atoms with E-state index in [0.717, 1.165) is 0 Å². The van der Waals surface area contributed by atoms with Crippen LogP contribution in [0, 0.1) is 11.3 Å². The maximum absolute atomic E-state index is 8.75. The molecule has 102 valence electrons. The Kier molecular flexibility index (Phi) is 3.45. The third kappa shape index (κ3) is 2.96. The molecule has 3 aromatic rings. The molecule has 0 saturated heterocycles. The topological polar surface area (TPSA) is 89.5 Å².